The summed E-state index contributed by atoms with van der Waals surface area (Å²) < 4.78 is 0. The standard InChI is InChI=1S/C9H8BNO/c10-9(12)7-2-1-6-3-4-11-8(6)5-7/h1-5,11H,10H2. The first-order valence-corrected chi connectivity index (χ1v) is 3.85. The van der Waals surface area contributed by atoms with E-state index in [0.717, 1.165) is 16.5 Å². The second-order valence-electron chi connectivity index (χ2n) is 2.84. The van der Waals surface area contributed by atoms with E-state index < -0.39 is 0 Å². The van der Waals surface area contributed by atoms with Gasteiger partial charge in [0, 0.05) is 17.3 Å². The summed E-state index contributed by atoms with van der Waals surface area (Å²) in [4.78, 5) is 14.1. The van der Waals surface area contributed by atoms with Gasteiger partial charge in [-0.2, -0.15) is 0 Å². The number of carbonyl (C=O) groups excluding carboxylic acids is 1. The minimum atomic E-state index is 0.103. The molecule has 0 spiro atoms. The Bertz CT molecular complexity index is 433. The lowest BCUT2D eigenvalue weighted by Crippen LogP contribution is -1.95. The van der Waals surface area contributed by atoms with E-state index >= 15 is 0 Å². The Hall–Kier alpha value is -1.51. The smallest absolute Gasteiger partial charge is 0.193 e. The van der Waals surface area contributed by atoms with Crippen molar-refractivity contribution in [3.8, 4) is 0 Å². The van der Waals surface area contributed by atoms with E-state index in [-0.39, 0.29) is 5.68 Å². The Morgan fingerprint density at radius 3 is 2.92 bits per heavy atom. The maximum atomic E-state index is 11.0. The van der Waals surface area contributed by atoms with Gasteiger partial charge in [-0.25, -0.2) is 0 Å². The number of fused-ring (bicyclic) bond motifs is 1. The van der Waals surface area contributed by atoms with Crippen LogP contribution in [0.5, 0.6) is 0 Å². The average molecular weight is 157 g/mol. The van der Waals surface area contributed by atoms with Gasteiger partial charge in [-0.05, 0) is 17.5 Å². The third kappa shape index (κ3) is 1.03. The Morgan fingerprint density at radius 2 is 2.17 bits per heavy atom. The summed E-state index contributed by atoms with van der Waals surface area (Å²) in [6.07, 6.45) is 1.87. The van der Waals surface area contributed by atoms with Crippen LogP contribution in [-0.4, -0.2) is 18.5 Å². The van der Waals surface area contributed by atoms with Crippen molar-refractivity contribution in [1.82, 2.24) is 4.98 Å². The molecule has 2 rings (SSSR count). The van der Waals surface area contributed by atoms with E-state index in [4.69, 9.17) is 0 Å². The van der Waals surface area contributed by atoms with Gasteiger partial charge in [0.15, 0.2) is 7.85 Å². The zero-order valence-electron chi connectivity index (χ0n) is 6.79. The number of benzene rings is 1. The molecule has 0 aliphatic heterocycles. The lowest BCUT2D eigenvalue weighted by molar-refractivity contribution is 0.108. The minimum Gasteiger partial charge on any atom is -0.361 e. The Morgan fingerprint density at radius 1 is 1.33 bits per heavy atom. The zero-order chi connectivity index (χ0) is 8.55. The van der Waals surface area contributed by atoms with Crippen molar-refractivity contribution < 1.29 is 4.79 Å². The molecule has 0 saturated heterocycles. The van der Waals surface area contributed by atoms with Crippen molar-refractivity contribution in [2.75, 3.05) is 0 Å². The van der Waals surface area contributed by atoms with Crippen LogP contribution < -0.4 is 0 Å². The van der Waals surface area contributed by atoms with Gasteiger partial charge in [0.05, 0.1) is 0 Å². The van der Waals surface area contributed by atoms with Gasteiger partial charge in [-0.3, -0.25) is 0 Å². The first-order chi connectivity index (χ1) is 5.77. The van der Waals surface area contributed by atoms with Gasteiger partial charge >= 0.3 is 0 Å². The highest BCUT2D eigenvalue weighted by atomic mass is 16.1. The molecule has 58 valence electrons. The molecule has 0 amide bonds. The fraction of sp³-hybridized carbons (Fsp3) is 0. The molecule has 0 radical (unpaired) electrons. The summed E-state index contributed by atoms with van der Waals surface area (Å²) in [7, 11) is 1.57. The molecule has 2 aromatic rings. The van der Waals surface area contributed by atoms with Gasteiger partial charge in [-0.15, -0.1) is 0 Å². The van der Waals surface area contributed by atoms with E-state index in [2.05, 4.69) is 4.98 Å². The molecule has 0 aliphatic carbocycles. The van der Waals surface area contributed by atoms with E-state index in [1.165, 1.54) is 0 Å². The molecule has 0 aliphatic rings. The Labute approximate surface area is 71.0 Å². The fourth-order valence-electron chi connectivity index (χ4n) is 1.27. The van der Waals surface area contributed by atoms with Crippen molar-refractivity contribution in [3.63, 3.8) is 0 Å². The molecule has 2 nitrogen and oxygen atoms in total. The Kier molecular flexibility index (Phi) is 1.50. The monoisotopic (exact) mass is 157 g/mol. The summed E-state index contributed by atoms with van der Waals surface area (Å²) in [5.74, 6) is 0. The van der Waals surface area contributed by atoms with Crippen LogP contribution in [0, 0.1) is 0 Å². The number of rotatable bonds is 1. The van der Waals surface area contributed by atoms with Gasteiger partial charge in [0.2, 0.25) is 0 Å². The fourth-order valence-corrected chi connectivity index (χ4v) is 1.27. The van der Waals surface area contributed by atoms with E-state index in [9.17, 15) is 4.79 Å². The topological polar surface area (TPSA) is 32.9 Å². The normalized spacial score (nSPS) is 10.3. The molecule has 3 heteroatoms. The van der Waals surface area contributed by atoms with E-state index in [1.807, 2.05) is 30.5 Å². The zero-order valence-corrected chi connectivity index (χ0v) is 6.79. The molecule has 12 heavy (non-hydrogen) atoms. The van der Waals surface area contributed by atoms with Crippen LogP contribution in [0.25, 0.3) is 10.9 Å². The number of H-pyrrole nitrogens is 1. The predicted molar refractivity (Wildman–Crippen MR) is 51.2 cm³/mol. The van der Waals surface area contributed by atoms with E-state index in [1.54, 1.807) is 7.85 Å². The highest BCUT2D eigenvalue weighted by molar-refractivity contribution is 6.62. The Balaban J connectivity index is 2.68. The molecule has 1 heterocycles. The summed E-state index contributed by atoms with van der Waals surface area (Å²) in [5.41, 5.74) is 1.87. The molecule has 1 aromatic carbocycles. The number of nitrogens with one attached hydrogen (secondary N) is 1. The molecule has 0 fully saturated rings. The van der Waals surface area contributed by atoms with Gasteiger partial charge in [-0.1, -0.05) is 12.1 Å². The minimum absolute atomic E-state index is 0.103. The quantitative estimate of drug-likeness (QED) is 0.614. The molecule has 0 unspecified atom stereocenters. The van der Waals surface area contributed by atoms with Gasteiger partial charge in [0.1, 0.15) is 5.68 Å². The lowest BCUT2D eigenvalue weighted by Gasteiger charge is -1.94. The molecular weight excluding hydrogens is 149 g/mol. The van der Waals surface area contributed by atoms with Crippen molar-refractivity contribution in [3.05, 3.63) is 36.0 Å². The highest BCUT2D eigenvalue weighted by Crippen LogP contribution is 2.13. The van der Waals surface area contributed by atoms with Crippen molar-refractivity contribution >= 4 is 24.4 Å². The molecular formula is C9H8BNO. The van der Waals surface area contributed by atoms with Crippen molar-refractivity contribution in [2.45, 2.75) is 0 Å². The maximum Gasteiger partial charge on any atom is 0.193 e. The van der Waals surface area contributed by atoms with Gasteiger partial charge in [0.25, 0.3) is 0 Å². The first kappa shape index (κ1) is 7.16. The molecule has 1 aromatic heterocycles. The van der Waals surface area contributed by atoms with Crippen molar-refractivity contribution in [2.24, 2.45) is 0 Å². The van der Waals surface area contributed by atoms with E-state index in [0.29, 0.717) is 0 Å². The molecule has 0 saturated carbocycles. The highest BCUT2D eigenvalue weighted by Gasteiger charge is 1.99. The molecule has 1 N–H and O–H groups in total. The number of hydrogen-bond donors (Lipinski definition) is 1. The molecule has 0 atom stereocenters. The lowest BCUT2D eigenvalue weighted by atomic mass is 9.94. The number of aromatic amines is 1. The third-order valence-electron chi connectivity index (χ3n) is 1.96. The first-order valence-electron chi connectivity index (χ1n) is 3.85. The second kappa shape index (κ2) is 2.52. The van der Waals surface area contributed by atoms with Crippen LogP contribution in [0.4, 0.5) is 0 Å². The third-order valence-corrected chi connectivity index (χ3v) is 1.96. The number of hydrogen-bond acceptors (Lipinski definition) is 1. The van der Waals surface area contributed by atoms with Crippen LogP contribution in [0.1, 0.15) is 10.4 Å². The van der Waals surface area contributed by atoms with Crippen LogP contribution in [0.2, 0.25) is 0 Å². The van der Waals surface area contributed by atoms with Crippen LogP contribution in [-0.2, 0) is 0 Å². The predicted octanol–water partition coefficient (Wildman–Crippen LogP) is 0.941. The maximum absolute atomic E-state index is 11.0. The summed E-state index contributed by atoms with van der Waals surface area (Å²) in [6.45, 7) is 0. The van der Waals surface area contributed by atoms with Gasteiger partial charge < -0.3 is 9.78 Å². The van der Waals surface area contributed by atoms with Crippen molar-refractivity contribution in [1.29, 1.82) is 0 Å². The second-order valence-corrected chi connectivity index (χ2v) is 2.84. The largest absolute Gasteiger partial charge is 0.361 e. The SMILES string of the molecule is BC(=O)c1ccc2cc[nH]c2c1. The van der Waals surface area contributed by atoms with Crippen LogP contribution >= 0.6 is 0 Å². The molecule has 0 bridgehead atoms. The van der Waals surface area contributed by atoms with Crippen LogP contribution in [0.3, 0.4) is 0 Å². The number of aromatic nitrogens is 1. The average Bonchev–Trinajstić information content (AvgIpc) is 2.49. The number of carbonyl (C=O) groups is 1. The summed E-state index contributed by atoms with van der Waals surface area (Å²) >= 11 is 0. The summed E-state index contributed by atoms with van der Waals surface area (Å²) in [6, 6.07) is 7.65. The summed E-state index contributed by atoms with van der Waals surface area (Å²) in [5, 5.41) is 1.14. The van der Waals surface area contributed by atoms with Crippen LogP contribution in [0.15, 0.2) is 30.5 Å².